The number of H-pyrrole nitrogens is 1. The summed E-state index contributed by atoms with van der Waals surface area (Å²) in [5, 5.41) is 30.7. The number of aliphatic hydroxyl groups is 2. The van der Waals surface area contributed by atoms with E-state index in [1.807, 2.05) is 30.3 Å². The Morgan fingerprint density at radius 1 is 1.11 bits per heavy atom. The van der Waals surface area contributed by atoms with E-state index < -0.39 is 46.8 Å². The van der Waals surface area contributed by atoms with Crippen molar-refractivity contribution >= 4 is 11.9 Å². The quantitative estimate of drug-likeness (QED) is 0.412. The molecular formula is C25H33N3O7. The highest BCUT2D eigenvalue weighted by Crippen LogP contribution is 2.36. The average molecular weight is 488 g/mol. The zero-order chi connectivity index (χ0) is 25.9. The van der Waals surface area contributed by atoms with Gasteiger partial charge in [0, 0.05) is 37.2 Å². The van der Waals surface area contributed by atoms with E-state index in [4.69, 9.17) is 0 Å². The zero-order valence-electron chi connectivity index (χ0n) is 20.2. The highest BCUT2D eigenvalue weighted by Gasteiger charge is 2.44. The van der Waals surface area contributed by atoms with Gasteiger partial charge in [0.25, 0.3) is 5.56 Å². The van der Waals surface area contributed by atoms with E-state index in [-0.39, 0.29) is 38.3 Å². The van der Waals surface area contributed by atoms with Crippen LogP contribution in [0.5, 0.6) is 0 Å². The number of benzene rings is 1. The van der Waals surface area contributed by atoms with Crippen molar-refractivity contribution in [3.8, 4) is 0 Å². The van der Waals surface area contributed by atoms with Crippen LogP contribution in [0.2, 0.25) is 0 Å². The Balaban J connectivity index is 1.84. The highest BCUT2D eigenvalue weighted by atomic mass is 16.4. The van der Waals surface area contributed by atoms with E-state index in [1.54, 1.807) is 25.7 Å². The maximum Gasteiger partial charge on any atom is 0.328 e. The second-order valence-corrected chi connectivity index (χ2v) is 10.2. The van der Waals surface area contributed by atoms with Crippen LogP contribution in [0.1, 0.15) is 50.3 Å². The maximum atomic E-state index is 13.3. The number of hydrogen-bond donors (Lipinski definition) is 4. The van der Waals surface area contributed by atoms with Gasteiger partial charge in [-0.2, -0.15) is 0 Å². The second-order valence-electron chi connectivity index (χ2n) is 10.2. The summed E-state index contributed by atoms with van der Waals surface area (Å²) in [6.45, 7) is 5.35. The van der Waals surface area contributed by atoms with Gasteiger partial charge in [0.1, 0.15) is 6.10 Å². The molecule has 1 aliphatic carbocycles. The zero-order valence-corrected chi connectivity index (χ0v) is 20.2. The molecule has 1 amide bonds. The molecular weight excluding hydrogens is 454 g/mol. The number of aliphatic hydroxyl groups excluding tert-OH is 2. The van der Waals surface area contributed by atoms with Gasteiger partial charge in [0.05, 0.1) is 18.6 Å². The van der Waals surface area contributed by atoms with E-state index >= 15 is 0 Å². The summed E-state index contributed by atoms with van der Waals surface area (Å²) in [5.74, 6) is -1.79. The number of carbonyl (C=O) groups excluding carboxylic acids is 1. The molecule has 0 radical (unpaired) electrons. The van der Waals surface area contributed by atoms with Gasteiger partial charge in [0.2, 0.25) is 5.91 Å². The molecule has 1 aliphatic rings. The molecule has 2 aromatic rings. The van der Waals surface area contributed by atoms with Gasteiger partial charge in [-0.1, -0.05) is 44.2 Å². The van der Waals surface area contributed by atoms with Crippen LogP contribution < -0.4 is 11.2 Å². The standard InChI is InChI=1S/C25H33N3O7/c1-15-12-28(24(35)26-23(15)34)18-9-17(21(32)22(18)33)14-27(13-16-7-5-4-6-8-16)19(29)10-25(2,3)11-20(30)31/h4-8,12,17-18,21-22,32-33H,9-11,13-14H2,1-3H3,(H,30,31)(H,26,34,35)/t17-,18+,21+,22+/m0/s1. The molecule has 0 aliphatic heterocycles. The molecule has 10 nitrogen and oxygen atoms in total. The van der Waals surface area contributed by atoms with Crippen molar-refractivity contribution in [2.24, 2.45) is 11.3 Å². The lowest BCUT2D eigenvalue weighted by atomic mass is 9.85. The lowest BCUT2D eigenvalue weighted by Crippen LogP contribution is -2.41. The molecule has 3 rings (SSSR count). The first-order valence-electron chi connectivity index (χ1n) is 11.6. The van der Waals surface area contributed by atoms with Crippen molar-refractivity contribution in [2.45, 2.75) is 64.8 Å². The fraction of sp³-hybridized carbons (Fsp3) is 0.520. The molecule has 1 saturated carbocycles. The fourth-order valence-corrected chi connectivity index (χ4v) is 4.72. The molecule has 10 heteroatoms. The number of amides is 1. The van der Waals surface area contributed by atoms with Crippen LogP contribution >= 0.6 is 0 Å². The Labute approximate surface area is 202 Å². The summed E-state index contributed by atoms with van der Waals surface area (Å²) < 4.78 is 1.23. The summed E-state index contributed by atoms with van der Waals surface area (Å²) in [5.41, 5.74) is -0.788. The van der Waals surface area contributed by atoms with Crippen LogP contribution in [-0.4, -0.2) is 60.4 Å². The molecule has 1 aromatic carbocycles. The van der Waals surface area contributed by atoms with Crippen molar-refractivity contribution in [1.82, 2.24) is 14.5 Å². The number of aromatic nitrogens is 2. The molecule has 0 unspecified atom stereocenters. The maximum absolute atomic E-state index is 13.3. The number of aromatic amines is 1. The minimum absolute atomic E-state index is 0.000490. The van der Waals surface area contributed by atoms with Crippen LogP contribution in [0.25, 0.3) is 0 Å². The van der Waals surface area contributed by atoms with Gasteiger partial charge >= 0.3 is 11.7 Å². The predicted octanol–water partition coefficient (Wildman–Crippen LogP) is 1.05. The van der Waals surface area contributed by atoms with E-state index in [0.717, 1.165) is 5.56 Å². The summed E-state index contributed by atoms with van der Waals surface area (Å²) in [6, 6.07) is 8.53. The number of nitrogens with one attached hydrogen (secondary N) is 1. The normalized spacial score (nSPS) is 22.2. The second kappa shape index (κ2) is 10.6. The Hall–Kier alpha value is -3.24. The molecule has 4 atom stereocenters. The van der Waals surface area contributed by atoms with Gasteiger partial charge in [-0.3, -0.25) is 23.9 Å². The summed E-state index contributed by atoms with van der Waals surface area (Å²) in [4.78, 5) is 52.4. The van der Waals surface area contributed by atoms with Crippen LogP contribution in [0.4, 0.5) is 0 Å². The predicted molar refractivity (Wildman–Crippen MR) is 128 cm³/mol. The average Bonchev–Trinajstić information content (AvgIpc) is 3.03. The number of carboxylic acids is 1. The van der Waals surface area contributed by atoms with Crippen LogP contribution in [0, 0.1) is 18.3 Å². The van der Waals surface area contributed by atoms with Gasteiger partial charge in [-0.25, -0.2) is 4.79 Å². The molecule has 1 aromatic heterocycles. The number of carboxylic acid groups (broad SMARTS) is 1. The molecule has 0 bridgehead atoms. The number of rotatable bonds is 9. The number of nitrogens with zero attached hydrogens (tertiary/aromatic N) is 2. The topological polar surface area (TPSA) is 153 Å². The van der Waals surface area contributed by atoms with Crippen molar-refractivity contribution in [1.29, 1.82) is 0 Å². The molecule has 190 valence electrons. The first kappa shape index (κ1) is 26.4. The first-order chi connectivity index (χ1) is 16.4. The number of aryl methyl sites for hydroxylation is 1. The molecule has 0 saturated heterocycles. The van der Waals surface area contributed by atoms with Gasteiger partial charge in [-0.15, -0.1) is 0 Å². The van der Waals surface area contributed by atoms with Gasteiger partial charge in [0.15, 0.2) is 0 Å². The monoisotopic (exact) mass is 487 g/mol. The Bertz CT molecular complexity index is 1170. The van der Waals surface area contributed by atoms with E-state index in [1.165, 1.54) is 10.8 Å². The van der Waals surface area contributed by atoms with E-state index in [9.17, 15) is 34.5 Å². The fourth-order valence-electron chi connectivity index (χ4n) is 4.72. The third kappa shape index (κ3) is 6.46. The van der Waals surface area contributed by atoms with Crippen LogP contribution in [0.15, 0.2) is 46.1 Å². The highest BCUT2D eigenvalue weighted by molar-refractivity contribution is 5.78. The minimum Gasteiger partial charge on any atom is -0.481 e. The van der Waals surface area contributed by atoms with Crippen LogP contribution in [0.3, 0.4) is 0 Å². The lowest BCUT2D eigenvalue weighted by Gasteiger charge is -2.31. The van der Waals surface area contributed by atoms with Gasteiger partial charge < -0.3 is 20.2 Å². The van der Waals surface area contributed by atoms with Crippen molar-refractivity contribution in [2.75, 3.05) is 6.54 Å². The van der Waals surface area contributed by atoms with Crippen molar-refractivity contribution in [3.05, 3.63) is 68.5 Å². The Kier molecular flexibility index (Phi) is 7.97. The van der Waals surface area contributed by atoms with Crippen LogP contribution in [-0.2, 0) is 16.1 Å². The molecule has 35 heavy (non-hydrogen) atoms. The summed E-state index contributed by atoms with van der Waals surface area (Å²) >= 11 is 0. The molecule has 1 heterocycles. The summed E-state index contributed by atoms with van der Waals surface area (Å²) in [6.07, 6.45) is -1.05. The van der Waals surface area contributed by atoms with E-state index in [0.29, 0.717) is 5.56 Å². The molecule has 1 fully saturated rings. The minimum atomic E-state index is -1.26. The number of hydrogen-bond acceptors (Lipinski definition) is 6. The van der Waals surface area contributed by atoms with Gasteiger partial charge in [-0.05, 0) is 24.3 Å². The number of aliphatic carboxylic acids is 1. The van der Waals surface area contributed by atoms with E-state index in [2.05, 4.69) is 4.98 Å². The third-order valence-corrected chi connectivity index (χ3v) is 6.56. The summed E-state index contributed by atoms with van der Waals surface area (Å²) in [7, 11) is 0. The Morgan fingerprint density at radius 2 is 1.77 bits per heavy atom. The largest absolute Gasteiger partial charge is 0.481 e. The third-order valence-electron chi connectivity index (χ3n) is 6.56. The smallest absolute Gasteiger partial charge is 0.328 e. The first-order valence-corrected chi connectivity index (χ1v) is 11.6. The Morgan fingerprint density at radius 3 is 2.40 bits per heavy atom. The molecule has 4 N–H and O–H groups in total. The van der Waals surface area contributed by atoms with Crippen molar-refractivity contribution in [3.63, 3.8) is 0 Å². The number of carbonyl (C=O) groups is 2. The lowest BCUT2D eigenvalue weighted by molar-refractivity contribution is -0.141. The molecule has 0 spiro atoms. The van der Waals surface area contributed by atoms with Crippen molar-refractivity contribution < 1.29 is 24.9 Å². The SMILES string of the molecule is Cc1cn([C@@H]2C[C@@H](CN(Cc3ccccc3)C(=O)CC(C)(C)CC(=O)O)[C@@H](O)[C@@H]2O)c(=O)[nH]c1=O.